The van der Waals surface area contributed by atoms with Crippen molar-refractivity contribution in [3.8, 4) is 5.88 Å². The van der Waals surface area contributed by atoms with Crippen LogP contribution in [0.4, 0.5) is 8.78 Å². The molecule has 1 aliphatic heterocycles. The van der Waals surface area contributed by atoms with Crippen molar-refractivity contribution in [2.45, 2.75) is 19.3 Å². The molecule has 19 heavy (non-hydrogen) atoms. The van der Waals surface area contributed by atoms with E-state index in [1.807, 2.05) is 22.6 Å². The van der Waals surface area contributed by atoms with Gasteiger partial charge in [-0.1, -0.05) is 0 Å². The van der Waals surface area contributed by atoms with Gasteiger partial charge in [0, 0.05) is 13.1 Å². The molecule has 0 aliphatic carbocycles. The Bertz CT molecular complexity index is 465. The number of nitrogens with zero attached hydrogens (tertiary/aromatic N) is 2. The number of halogens is 3. The summed E-state index contributed by atoms with van der Waals surface area (Å²) in [5, 5.41) is 0. The summed E-state index contributed by atoms with van der Waals surface area (Å²) in [5.41, 5.74) is 0.253. The van der Waals surface area contributed by atoms with E-state index in [-0.39, 0.29) is 17.4 Å². The predicted molar refractivity (Wildman–Crippen MR) is 73.6 cm³/mol. The summed E-state index contributed by atoms with van der Waals surface area (Å²) in [6, 6.07) is 3.25. The van der Waals surface area contributed by atoms with Gasteiger partial charge in [-0.05, 0) is 47.6 Å². The van der Waals surface area contributed by atoms with E-state index in [9.17, 15) is 13.6 Å². The second kappa shape index (κ2) is 6.44. The first-order chi connectivity index (χ1) is 9.08. The Balaban J connectivity index is 2.20. The second-order valence-corrected chi connectivity index (χ2v) is 5.29. The highest BCUT2D eigenvalue weighted by atomic mass is 127. The number of pyridine rings is 1. The van der Waals surface area contributed by atoms with Gasteiger partial charge >= 0.3 is 0 Å². The van der Waals surface area contributed by atoms with Crippen LogP contribution in [0.25, 0.3) is 0 Å². The molecule has 0 N–H and O–H groups in total. The van der Waals surface area contributed by atoms with E-state index < -0.39 is 13.0 Å². The molecule has 1 aromatic rings. The van der Waals surface area contributed by atoms with Crippen molar-refractivity contribution in [3.63, 3.8) is 0 Å². The van der Waals surface area contributed by atoms with E-state index in [1.165, 1.54) is 0 Å². The van der Waals surface area contributed by atoms with Crippen LogP contribution in [0.3, 0.4) is 0 Å². The van der Waals surface area contributed by atoms with Gasteiger partial charge in [-0.3, -0.25) is 4.79 Å². The zero-order chi connectivity index (χ0) is 13.8. The number of rotatable bonds is 4. The van der Waals surface area contributed by atoms with Gasteiger partial charge in [0.2, 0.25) is 5.88 Å². The van der Waals surface area contributed by atoms with Crippen LogP contribution in [0.1, 0.15) is 23.2 Å². The van der Waals surface area contributed by atoms with E-state index in [0.717, 1.165) is 12.8 Å². The molecule has 0 bridgehead atoms. The molecular formula is C12H13F2IN2O2. The molecule has 0 atom stereocenters. The first kappa shape index (κ1) is 14.4. The summed E-state index contributed by atoms with van der Waals surface area (Å²) in [5.74, 6) is -0.213. The van der Waals surface area contributed by atoms with Crippen LogP contribution in [-0.4, -0.2) is 41.9 Å². The molecular weight excluding hydrogens is 369 g/mol. The Morgan fingerprint density at radius 1 is 1.42 bits per heavy atom. The molecule has 1 aromatic heterocycles. The lowest BCUT2D eigenvalue weighted by atomic mass is 10.2. The highest BCUT2D eigenvalue weighted by Crippen LogP contribution is 2.22. The molecule has 2 rings (SSSR count). The first-order valence-electron chi connectivity index (χ1n) is 5.94. The fraction of sp³-hybridized carbons (Fsp3) is 0.500. The molecule has 2 heterocycles. The third-order valence-corrected chi connectivity index (χ3v) is 3.40. The Labute approximate surface area is 123 Å². The van der Waals surface area contributed by atoms with Gasteiger partial charge in [-0.25, -0.2) is 13.8 Å². The summed E-state index contributed by atoms with van der Waals surface area (Å²) in [4.78, 5) is 18.0. The van der Waals surface area contributed by atoms with Gasteiger partial charge < -0.3 is 9.64 Å². The lowest BCUT2D eigenvalue weighted by molar-refractivity contribution is 0.0723. The quantitative estimate of drug-likeness (QED) is 0.594. The van der Waals surface area contributed by atoms with Crippen LogP contribution in [-0.2, 0) is 0 Å². The maximum atomic E-state index is 12.2. The minimum atomic E-state index is -2.59. The number of hydrogen-bond donors (Lipinski definition) is 0. The first-order valence-corrected chi connectivity index (χ1v) is 7.02. The molecule has 0 saturated carbocycles. The van der Waals surface area contributed by atoms with Crippen molar-refractivity contribution in [2.24, 2.45) is 0 Å². The normalized spacial score (nSPS) is 15.1. The zero-order valence-electron chi connectivity index (χ0n) is 10.1. The molecule has 1 amide bonds. The van der Waals surface area contributed by atoms with Crippen molar-refractivity contribution < 1.29 is 18.3 Å². The van der Waals surface area contributed by atoms with Crippen LogP contribution in [0, 0.1) is 3.70 Å². The maximum Gasteiger partial charge on any atom is 0.272 e. The molecule has 0 aromatic carbocycles. The third-order valence-electron chi connectivity index (χ3n) is 2.80. The van der Waals surface area contributed by atoms with Gasteiger partial charge in [0.05, 0.1) is 0 Å². The third kappa shape index (κ3) is 3.74. The van der Waals surface area contributed by atoms with Crippen molar-refractivity contribution in [1.29, 1.82) is 0 Å². The average Bonchev–Trinajstić information content (AvgIpc) is 2.89. The Morgan fingerprint density at radius 2 is 2.11 bits per heavy atom. The van der Waals surface area contributed by atoms with E-state index in [0.29, 0.717) is 16.8 Å². The summed E-state index contributed by atoms with van der Waals surface area (Å²) < 4.78 is 30.0. The number of amides is 1. The zero-order valence-corrected chi connectivity index (χ0v) is 12.3. The number of alkyl halides is 2. The van der Waals surface area contributed by atoms with Crippen LogP contribution < -0.4 is 4.74 Å². The minimum Gasteiger partial charge on any atom is -0.471 e. The van der Waals surface area contributed by atoms with Gasteiger partial charge in [0.25, 0.3) is 12.3 Å². The number of hydrogen-bond acceptors (Lipinski definition) is 3. The van der Waals surface area contributed by atoms with Crippen LogP contribution in [0.2, 0.25) is 0 Å². The van der Waals surface area contributed by atoms with Crippen LogP contribution in [0.15, 0.2) is 12.1 Å². The van der Waals surface area contributed by atoms with Crippen LogP contribution in [0.5, 0.6) is 5.88 Å². The summed E-state index contributed by atoms with van der Waals surface area (Å²) >= 11 is 1.95. The molecule has 1 saturated heterocycles. The van der Waals surface area contributed by atoms with Gasteiger partial charge in [0.15, 0.2) is 6.61 Å². The number of ether oxygens (including phenoxy) is 1. The molecule has 0 unspecified atom stereocenters. The van der Waals surface area contributed by atoms with E-state index in [2.05, 4.69) is 4.98 Å². The molecule has 7 heteroatoms. The van der Waals surface area contributed by atoms with Gasteiger partial charge in [-0.2, -0.15) is 0 Å². The van der Waals surface area contributed by atoms with E-state index in [4.69, 9.17) is 4.74 Å². The summed E-state index contributed by atoms with van der Waals surface area (Å²) in [6.07, 6.45) is -0.650. The highest BCUT2D eigenvalue weighted by Gasteiger charge is 2.24. The largest absolute Gasteiger partial charge is 0.471 e. The number of likely N-dealkylation sites (tertiary alicyclic amines) is 1. The number of carbonyl (C=O) groups excluding carboxylic acids is 1. The maximum absolute atomic E-state index is 12.2. The van der Waals surface area contributed by atoms with Gasteiger partial charge in [0.1, 0.15) is 9.26 Å². The lowest BCUT2D eigenvalue weighted by Gasteiger charge is -2.17. The van der Waals surface area contributed by atoms with Crippen molar-refractivity contribution in [3.05, 3.63) is 21.4 Å². The van der Waals surface area contributed by atoms with E-state index in [1.54, 1.807) is 17.0 Å². The summed E-state index contributed by atoms with van der Waals surface area (Å²) in [6.45, 7) is 0.631. The van der Waals surface area contributed by atoms with Gasteiger partial charge in [-0.15, -0.1) is 0 Å². The van der Waals surface area contributed by atoms with Crippen LogP contribution >= 0.6 is 22.6 Å². The fourth-order valence-electron chi connectivity index (χ4n) is 1.92. The second-order valence-electron chi connectivity index (χ2n) is 4.19. The molecule has 1 fully saturated rings. The summed E-state index contributed by atoms with van der Waals surface area (Å²) in [7, 11) is 0. The SMILES string of the molecule is O=C(c1ccc(I)nc1OCC(F)F)N1CCCC1. The Kier molecular flexibility index (Phi) is 4.89. The fourth-order valence-corrected chi connectivity index (χ4v) is 2.32. The Hall–Kier alpha value is -0.990. The lowest BCUT2D eigenvalue weighted by Crippen LogP contribution is -2.28. The molecule has 4 nitrogen and oxygen atoms in total. The highest BCUT2D eigenvalue weighted by molar-refractivity contribution is 14.1. The molecule has 104 valence electrons. The molecule has 0 radical (unpaired) electrons. The molecule has 0 spiro atoms. The standard InChI is InChI=1S/C12H13F2IN2O2/c13-9(14)7-19-11-8(3-4-10(15)16-11)12(18)17-5-1-2-6-17/h3-4,9H,1-2,5-7H2. The monoisotopic (exact) mass is 382 g/mol. The number of aromatic nitrogens is 1. The van der Waals surface area contributed by atoms with E-state index >= 15 is 0 Å². The average molecular weight is 382 g/mol. The Morgan fingerprint density at radius 3 is 2.74 bits per heavy atom. The predicted octanol–water partition coefficient (Wildman–Crippen LogP) is 2.57. The van der Waals surface area contributed by atoms with Crippen molar-refractivity contribution in [2.75, 3.05) is 19.7 Å². The number of carbonyl (C=O) groups is 1. The van der Waals surface area contributed by atoms with Crippen molar-refractivity contribution in [1.82, 2.24) is 9.88 Å². The van der Waals surface area contributed by atoms with Crippen molar-refractivity contribution >= 4 is 28.5 Å². The topological polar surface area (TPSA) is 42.4 Å². The smallest absolute Gasteiger partial charge is 0.272 e. The minimum absolute atomic E-state index is 0.0101. The molecule has 1 aliphatic rings.